The number of carbonyl (C=O) groups is 2. The lowest BCUT2D eigenvalue weighted by atomic mass is 10.1. The Morgan fingerprint density at radius 1 is 1.08 bits per heavy atom. The highest BCUT2D eigenvalue weighted by Crippen LogP contribution is 2.19. The van der Waals surface area contributed by atoms with Crippen molar-refractivity contribution >= 4 is 17.4 Å². The van der Waals surface area contributed by atoms with Gasteiger partial charge in [-0.15, -0.1) is 0 Å². The number of ketones is 1. The predicted molar refractivity (Wildman–Crippen MR) is 89.6 cm³/mol. The van der Waals surface area contributed by atoms with Crippen LogP contribution < -0.4 is 0 Å². The maximum Gasteiger partial charge on any atom is 0.338 e. The molecule has 0 fully saturated rings. The second kappa shape index (κ2) is 8.16. The molecule has 0 saturated heterocycles. The van der Waals surface area contributed by atoms with Crippen LogP contribution in [-0.4, -0.2) is 30.4 Å². The average molecular weight is 343 g/mol. The van der Waals surface area contributed by atoms with E-state index < -0.39 is 23.3 Å². The Kier molecular flexibility index (Phi) is 5.97. The molecule has 0 spiro atoms. The minimum Gasteiger partial charge on any atom is -0.454 e. The predicted octanol–water partition coefficient (Wildman–Crippen LogP) is 3.09. The van der Waals surface area contributed by atoms with Gasteiger partial charge in [-0.1, -0.05) is 24.3 Å². The monoisotopic (exact) mass is 343 g/mol. The third kappa shape index (κ3) is 4.71. The number of Topliss-reactive ketones (excluding diaryl/α,β-unsaturated/α-hetero) is 1. The van der Waals surface area contributed by atoms with Crippen LogP contribution >= 0.6 is 0 Å². The first-order valence-electron chi connectivity index (χ1n) is 7.45. The van der Waals surface area contributed by atoms with Crippen LogP contribution in [0.2, 0.25) is 0 Å². The van der Waals surface area contributed by atoms with Gasteiger partial charge < -0.3 is 9.47 Å². The van der Waals surface area contributed by atoms with E-state index in [1.165, 1.54) is 18.2 Å². The summed E-state index contributed by atoms with van der Waals surface area (Å²) < 4.78 is 9.97. The standard InChI is InChI=1S/C18H17NO6/c1-12-3-6-15(9-16(12)19(22)23)17(20)11-25-18(21)14-7-4-13(5-8-14)10-24-2/h3-9H,10-11H2,1-2H3. The molecule has 7 nitrogen and oxygen atoms in total. The third-order valence-corrected chi connectivity index (χ3v) is 3.56. The zero-order chi connectivity index (χ0) is 18.4. The number of methoxy groups -OCH3 is 1. The lowest BCUT2D eigenvalue weighted by Gasteiger charge is -2.06. The fraction of sp³-hybridized carbons (Fsp3) is 0.222. The maximum atomic E-state index is 12.1. The number of aryl methyl sites for hydroxylation is 1. The van der Waals surface area contributed by atoms with E-state index in [0.717, 1.165) is 5.56 Å². The van der Waals surface area contributed by atoms with Gasteiger partial charge in [-0.05, 0) is 24.6 Å². The molecule has 0 aliphatic heterocycles. The SMILES string of the molecule is COCc1ccc(C(=O)OCC(=O)c2ccc(C)c([N+](=O)[O-])c2)cc1. The molecule has 0 aliphatic carbocycles. The number of nitro groups is 1. The summed E-state index contributed by atoms with van der Waals surface area (Å²) in [5, 5.41) is 10.9. The molecule has 2 aromatic rings. The number of hydrogen-bond acceptors (Lipinski definition) is 6. The summed E-state index contributed by atoms with van der Waals surface area (Å²) in [4.78, 5) is 34.4. The van der Waals surface area contributed by atoms with E-state index in [2.05, 4.69) is 0 Å². The van der Waals surface area contributed by atoms with Crippen LogP contribution in [0.25, 0.3) is 0 Å². The smallest absolute Gasteiger partial charge is 0.338 e. The summed E-state index contributed by atoms with van der Waals surface area (Å²) in [7, 11) is 1.57. The van der Waals surface area contributed by atoms with E-state index in [9.17, 15) is 19.7 Å². The summed E-state index contributed by atoms with van der Waals surface area (Å²) in [6.45, 7) is 1.53. The molecule has 0 amide bonds. The second-order valence-corrected chi connectivity index (χ2v) is 5.39. The summed E-state index contributed by atoms with van der Waals surface area (Å²) in [6.07, 6.45) is 0. The van der Waals surface area contributed by atoms with E-state index in [0.29, 0.717) is 17.7 Å². The molecule has 130 valence electrons. The van der Waals surface area contributed by atoms with Crippen molar-refractivity contribution in [3.8, 4) is 0 Å². The largest absolute Gasteiger partial charge is 0.454 e. The van der Waals surface area contributed by atoms with Crippen molar-refractivity contribution in [1.29, 1.82) is 0 Å². The van der Waals surface area contributed by atoms with Crippen LogP contribution in [-0.2, 0) is 16.1 Å². The molecule has 0 radical (unpaired) electrons. The van der Waals surface area contributed by atoms with Gasteiger partial charge in [-0.25, -0.2) is 4.79 Å². The van der Waals surface area contributed by atoms with E-state index in [1.807, 2.05) is 0 Å². The van der Waals surface area contributed by atoms with Crippen molar-refractivity contribution in [3.05, 3.63) is 74.8 Å². The zero-order valence-electron chi connectivity index (χ0n) is 13.9. The first kappa shape index (κ1) is 18.3. The summed E-state index contributed by atoms with van der Waals surface area (Å²) in [5.74, 6) is -1.15. The topological polar surface area (TPSA) is 95.7 Å². The molecule has 0 atom stereocenters. The number of nitro benzene ring substituents is 1. The van der Waals surface area contributed by atoms with Crippen molar-refractivity contribution in [3.63, 3.8) is 0 Å². The number of hydrogen-bond donors (Lipinski definition) is 0. The highest BCUT2D eigenvalue weighted by Gasteiger charge is 2.17. The van der Waals surface area contributed by atoms with Crippen molar-refractivity contribution in [2.45, 2.75) is 13.5 Å². The van der Waals surface area contributed by atoms with E-state index in [-0.39, 0.29) is 11.3 Å². The van der Waals surface area contributed by atoms with Gasteiger partial charge in [0, 0.05) is 24.3 Å². The van der Waals surface area contributed by atoms with Crippen molar-refractivity contribution in [2.75, 3.05) is 13.7 Å². The van der Waals surface area contributed by atoms with E-state index >= 15 is 0 Å². The Balaban J connectivity index is 2.00. The van der Waals surface area contributed by atoms with Gasteiger partial charge in [0.1, 0.15) is 0 Å². The molecule has 0 heterocycles. The quantitative estimate of drug-likeness (QED) is 0.332. The molecule has 0 unspecified atom stereocenters. The molecule has 0 N–H and O–H groups in total. The molecule has 0 saturated carbocycles. The molecule has 0 bridgehead atoms. The van der Waals surface area contributed by atoms with Gasteiger partial charge in [0.2, 0.25) is 5.78 Å². The Bertz CT molecular complexity index is 798. The summed E-state index contributed by atoms with van der Waals surface area (Å²) in [6, 6.07) is 10.8. The number of ether oxygens (including phenoxy) is 2. The van der Waals surface area contributed by atoms with Crippen molar-refractivity contribution in [1.82, 2.24) is 0 Å². The Morgan fingerprint density at radius 3 is 2.32 bits per heavy atom. The molecule has 2 aromatic carbocycles. The normalized spacial score (nSPS) is 10.3. The van der Waals surface area contributed by atoms with Gasteiger partial charge in [0.15, 0.2) is 6.61 Å². The first-order valence-corrected chi connectivity index (χ1v) is 7.45. The summed E-state index contributed by atoms with van der Waals surface area (Å²) >= 11 is 0. The van der Waals surface area contributed by atoms with E-state index in [1.54, 1.807) is 38.3 Å². The molecule has 7 heteroatoms. The minimum absolute atomic E-state index is 0.126. The number of nitrogens with zero attached hydrogens (tertiary/aromatic N) is 1. The van der Waals surface area contributed by atoms with Crippen LogP contribution in [0.5, 0.6) is 0 Å². The van der Waals surface area contributed by atoms with E-state index in [4.69, 9.17) is 9.47 Å². The fourth-order valence-corrected chi connectivity index (χ4v) is 2.18. The fourth-order valence-electron chi connectivity index (χ4n) is 2.18. The third-order valence-electron chi connectivity index (χ3n) is 3.56. The average Bonchev–Trinajstić information content (AvgIpc) is 2.60. The highest BCUT2D eigenvalue weighted by atomic mass is 16.6. The van der Waals surface area contributed by atoms with Gasteiger partial charge in [0.05, 0.1) is 17.1 Å². The highest BCUT2D eigenvalue weighted by molar-refractivity contribution is 5.99. The van der Waals surface area contributed by atoms with Gasteiger partial charge >= 0.3 is 5.97 Å². The van der Waals surface area contributed by atoms with Crippen molar-refractivity contribution in [2.24, 2.45) is 0 Å². The Labute approximate surface area is 144 Å². The first-order chi connectivity index (χ1) is 11.9. The number of rotatable bonds is 7. The maximum absolute atomic E-state index is 12.1. The van der Waals surface area contributed by atoms with Crippen LogP contribution in [0.4, 0.5) is 5.69 Å². The minimum atomic E-state index is -0.640. The van der Waals surface area contributed by atoms with Crippen LogP contribution in [0.1, 0.15) is 31.8 Å². The molecular weight excluding hydrogens is 326 g/mol. The molecular formula is C18H17NO6. The molecule has 2 rings (SSSR count). The molecule has 25 heavy (non-hydrogen) atoms. The van der Waals surface area contributed by atoms with Crippen LogP contribution in [0, 0.1) is 17.0 Å². The zero-order valence-corrected chi connectivity index (χ0v) is 13.9. The van der Waals surface area contributed by atoms with Crippen LogP contribution in [0.15, 0.2) is 42.5 Å². The van der Waals surface area contributed by atoms with Gasteiger partial charge in [0.25, 0.3) is 5.69 Å². The van der Waals surface area contributed by atoms with Gasteiger partial charge in [-0.3, -0.25) is 14.9 Å². The van der Waals surface area contributed by atoms with Crippen LogP contribution in [0.3, 0.4) is 0 Å². The Morgan fingerprint density at radius 2 is 1.72 bits per heavy atom. The second-order valence-electron chi connectivity index (χ2n) is 5.39. The Hall–Kier alpha value is -3.06. The number of benzene rings is 2. The molecule has 0 aliphatic rings. The number of esters is 1. The summed E-state index contributed by atoms with van der Waals surface area (Å²) in [5.41, 5.74) is 1.64. The number of carbonyl (C=O) groups excluding carboxylic acids is 2. The lowest BCUT2D eigenvalue weighted by molar-refractivity contribution is -0.385. The lowest BCUT2D eigenvalue weighted by Crippen LogP contribution is -2.14. The van der Waals surface area contributed by atoms with Crippen molar-refractivity contribution < 1.29 is 24.0 Å². The van der Waals surface area contributed by atoms with Gasteiger partial charge in [-0.2, -0.15) is 0 Å². The molecule has 0 aromatic heterocycles.